The summed E-state index contributed by atoms with van der Waals surface area (Å²) in [4.78, 5) is 0.493. The van der Waals surface area contributed by atoms with Gasteiger partial charge in [0, 0.05) is 16.7 Å². The van der Waals surface area contributed by atoms with Gasteiger partial charge in [-0.3, -0.25) is 4.21 Å². The molecule has 0 N–H and O–H groups in total. The van der Waals surface area contributed by atoms with Crippen LogP contribution in [0.2, 0.25) is 10.0 Å². The third-order valence-corrected chi connectivity index (χ3v) is 4.20. The molecule has 1 rings (SSSR count). The highest BCUT2D eigenvalue weighted by molar-refractivity contribution is 7.85. The van der Waals surface area contributed by atoms with Gasteiger partial charge in [0.05, 0.1) is 26.8 Å². The number of nitriles is 1. The van der Waals surface area contributed by atoms with E-state index in [1.807, 2.05) is 6.07 Å². The van der Waals surface area contributed by atoms with Crippen LogP contribution in [0.1, 0.15) is 13.3 Å². The van der Waals surface area contributed by atoms with Gasteiger partial charge >= 0.3 is 0 Å². The van der Waals surface area contributed by atoms with Crippen LogP contribution in [0.5, 0.6) is 0 Å². The Bertz CT molecular complexity index is 428. The fraction of sp³-hybridized carbons (Fsp3) is 0.300. The first-order chi connectivity index (χ1) is 7.06. The van der Waals surface area contributed by atoms with Crippen molar-refractivity contribution in [1.29, 1.82) is 5.26 Å². The van der Waals surface area contributed by atoms with Crippen LogP contribution in [-0.4, -0.2) is 9.46 Å². The van der Waals surface area contributed by atoms with Crippen LogP contribution in [0.3, 0.4) is 0 Å². The van der Waals surface area contributed by atoms with Gasteiger partial charge in [0.25, 0.3) is 0 Å². The summed E-state index contributed by atoms with van der Waals surface area (Å²) in [5, 5.41) is 9.18. The topological polar surface area (TPSA) is 40.9 Å². The molecule has 0 radical (unpaired) electrons. The average molecular weight is 262 g/mol. The summed E-state index contributed by atoms with van der Waals surface area (Å²) < 4.78 is 11.9. The molecule has 5 heteroatoms. The minimum Gasteiger partial charge on any atom is -0.254 e. The highest BCUT2D eigenvalue weighted by atomic mass is 35.5. The van der Waals surface area contributed by atoms with Gasteiger partial charge in [0.15, 0.2) is 0 Å². The summed E-state index contributed by atoms with van der Waals surface area (Å²) in [6.07, 6.45) is 0.232. The van der Waals surface area contributed by atoms with E-state index in [4.69, 9.17) is 28.5 Å². The van der Waals surface area contributed by atoms with Crippen molar-refractivity contribution in [2.45, 2.75) is 23.5 Å². The Morgan fingerprint density at radius 2 is 2.20 bits per heavy atom. The molecule has 15 heavy (non-hydrogen) atoms. The fourth-order valence-corrected chi connectivity index (χ4v) is 2.80. The molecule has 0 saturated heterocycles. The predicted molar refractivity (Wildman–Crippen MR) is 62.6 cm³/mol. The normalized spacial score (nSPS) is 14.3. The molecule has 1 aromatic rings. The van der Waals surface area contributed by atoms with E-state index in [9.17, 15) is 4.21 Å². The van der Waals surface area contributed by atoms with Gasteiger partial charge in [-0.2, -0.15) is 5.26 Å². The summed E-state index contributed by atoms with van der Waals surface area (Å²) in [6.45, 7) is 1.75. The van der Waals surface area contributed by atoms with E-state index < -0.39 is 10.8 Å². The second-order valence-corrected chi connectivity index (χ2v) is 5.73. The summed E-state index contributed by atoms with van der Waals surface area (Å²) in [5.74, 6) is 0. The number of halogens is 2. The van der Waals surface area contributed by atoms with Crippen LogP contribution in [0.25, 0.3) is 0 Å². The third-order valence-electron chi connectivity index (χ3n) is 1.85. The van der Waals surface area contributed by atoms with Crippen LogP contribution in [-0.2, 0) is 10.8 Å². The predicted octanol–water partition coefficient (Wildman–Crippen LogP) is 3.40. The summed E-state index contributed by atoms with van der Waals surface area (Å²) in [7, 11) is -1.29. The zero-order chi connectivity index (χ0) is 11.4. The molecule has 0 aliphatic heterocycles. The lowest BCUT2D eigenvalue weighted by Crippen LogP contribution is -2.10. The van der Waals surface area contributed by atoms with E-state index in [-0.39, 0.29) is 11.7 Å². The molecule has 2 unspecified atom stereocenters. The maximum Gasteiger partial charge on any atom is 0.0634 e. The van der Waals surface area contributed by atoms with Crippen molar-refractivity contribution < 1.29 is 4.21 Å². The lowest BCUT2D eigenvalue weighted by atomic mass is 10.3. The molecule has 0 bridgehead atoms. The standard InChI is InChI=1S/C10H9Cl2NOS/c1-7(4-5-13)15(14)10-6-8(11)2-3-9(10)12/h2-3,6-7H,4H2,1H3. The van der Waals surface area contributed by atoms with Gasteiger partial charge in [0.2, 0.25) is 0 Å². The number of hydrogen-bond donors (Lipinski definition) is 0. The average Bonchev–Trinajstić information content (AvgIpc) is 2.21. The molecule has 0 aromatic heterocycles. The molecule has 2 atom stereocenters. The van der Waals surface area contributed by atoms with E-state index in [2.05, 4.69) is 0 Å². The maximum atomic E-state index is 11.9. The minimum absolute atomic E-state index is 0.232. The third kappa shape index (κ3) is 3.20. The van der Waals surface area contributed by atoms with E-state index >= 15 is 0 Å². The van der Waals surface area contributed by atoms with Gasteiger partial charge in [0.1, 0.15) is 0 Å². The second-order valence-electron chi connectivity index (χ2n) is 3.05. The molecule has 0 heterocycles. The number of rotatable bonds is 3. The van der Waals surface area contributed by atoms with Crippen molar-refractivity contribution >= 4 is 34.0 Å². The number of hydrogen-bond acceptors (Lipinski definition) is 2. The Hall–Kier alpha value is -0.560. The number of benzene rings is 1. The number of nitrogens with zero attached hydrogens (tertiary/aromatic N) is 1. The highest BCUT2D eigenvalue weighted by Crippen LogP contribution is 2.26. The Morgan fingerprint density at radius 3 is 2.80 bits per heavy atom. The molecule has 0 fully saturated rings. The van der Waals surface area contributed by atoms with Crippen molar-refractivity contribution in [3.8, 4) is 6.07 Å². The zero-order valence-electron chi connectivity index (χ0n) is 8.04. The largest absolute Gasteiger partial charge is 0.254 e. The summed E-state index contributed by atoms with van der Waals surface area (Å²) in [5.41, 5.74) is 0. The van der Waals surface area contributed by atoms with Crippen molar-refractivity contribution in [2.75, 3.05) is 0 Å². The molecular formula is C10H9Cl2NOS. The second kappa shape index (κ2) is 5.50. The first-order valence-corrected chi connectivity index (χ1v) is 6.25. The van der Waals surface area contributed by atoms with E-state index in [1.54, 1.807) is 25.1 Å². The first-order valence-electron chi connectivity index (χ1n) is 4.29. The van der Waals surface area contributed by atoms with Gasteiger partial charge in [-0.25, -0.2) is 0 Å². The molecule has 2 nitrogen and oxygen atoms in total. The van der Waals surface area contributed by atoms with Crippen LogP contribution in [0, 0.1) is 11.3 Å². The Morgan fingerprint density at radius 1 is 1.53 bits per heavy atom. The molecule has 1 aromatic carbocycles. The molecular weight excluding hydrogens is 253 g/mol. The van der Waals surface area contributed by atoms with Crippen molar-refractivity contribution in [3.63, 3.8) is 0 Å². The van der Waals surface area contributed by atoms with Crippen LogP contribution >= 0.6 is 23.2 Å². The molecule has 0 aliphatic rings. The van der Waals surface area contributed by atoms with Crippen molar-refractivity contribution in [3.05, 3.63) is 28.2 Å². The maximum absolute atomic E-state index is 11.9. The minimum atomic E-state index is -1.29. The van der Waals surface area contributed by atoms with E-state index in [0.717, 1.165) is 0 Å². The quantitative estimate of drug-likeness (QED) is 0.837. The van der Waals surface area contributed by atoms with E-state index in [0.29, 0.717) is 14.9 Å². The SMILES string of the molecule is CC(CC#N)S(=O)c1cc(Cl)ccc1Cl. The molecule has 0 aliphatic carbocycles. The molecule has 0 amide bonds. The molecule has 0 saturated carbocycles. The monoisotopic (exact) mass is 261 g/mol. The fourth-order valence-electron chi connectivity index (χ4n) is 1.05. The summed E-state index contributed by atoms with van der Waals surface area (Å²) in [6, 6.07) is 6.81. The van der Waals surface area contributed by atoms with Gasteiger partial charge in [-0.05, 0) is 25.1 Å². The Kier molecular flexibility index (Phi) is 4.59. The van der Waals surface area contributed by atoms with Crippen LogP contribution in [0.4, 0.5) is 0 Å². The zero-order valence-corrected chi connectivity index (χ0v) is 10.4. The van der Waals surface area contributed by atoms with Gasteiger partial charge < -0.3 is 0 Å². The highest BCUT2D eigenvalue weighted by Gasteiger charge is 2.16. The van der Waals surface area contributed by atoms with Crippen LogP contribution < -0.4 is 0 Å². The Labute approximate surface area is 101 Å². The van der Waals surface area contributed by atoms with Crippen molar-refractivity contribution in [1.82, 2.24) is 0 Å². The molecule has 0 spiro atoms. The van der Waals surface area contributed by atoms with Crippen LogP contribution in [0.15, 0.2) is 23.1 Å². The molecule has 80 valence electrons. The van der Waals surface area contributed by atoms with Gasteiger partial charge in [-0.15, -0.1) is 0 Å². The lowest BCUT2D eigenvalue weighted by molar-refractivity contribution is 0.673. The Balaban J connectivity index is 3.01. The van der Waals surface area contributed by atoms with E-state index in [1.165, 1.54) is 0 Å². The summed E-state index contributed by atoms with van der Waals surface area (Å²) >= 11 is 11.7. The lowest BCUT2D eigenvalue weighted by Gasteiger charge is -2.09. The first kappa shape index (κ1) is 12.5. The smallest absolute Gasteiger partial charge is 0.0634 e. The van der Waals surface area contributed by atoms with Gasteiger partial charge in [-0.1, -0.05) is 23.2 Å². The van der Waals surface area contributed by atoms with Crippen molar-refractivity contribution in [2.24, 2.45) is 0 Å².